The number of nitrogens with zero attached hydrogens (tertiary/aromatic N) is 3. The van der Waals surface area contributed by atoms with Crippen LogP contribution in [0.15, 0.2) is 36.8 Å². The number of urea groups is 1. The maximum atomic E-state index is 11.9. The monoisotopic (exact) mass is 327 g/mol. The Morgan fingerprint density at radius 3 is 2.79 bits per heavy atom. The fraction of sp³-hybridized carbons (Fsp3) is 0.444. The number of aryl methyl sites for hydroxylation is 1. The fourth-order valence-electron chi connectivity index (χ4n) is 2.86. The maximum Gasteiger partial charge on any atom is 0.321 e. The lowest BCUT2D eigenvalue weighted by atomic mass is 10.1. The summed E-state index contributed by atoms with van der Waals surface area (Å²) in [6, 6.07) is 8.42. The molecule has 128 valence electrons. The van der Waals surface area contributed by atoms with Crippen molar-refractivity contribution in [2.24, 2.45) is 0 Å². The summed E-state index contributed by atoms with van der Waals surface area (Å²) in [6.07, 6.45) is 4.91. The van der Waals surface area contributed by atoms with Crippen molar-refractivity contribution in [2.75, 3.05) is 18.0 Å². The van der Waals surface area contributed by atoms with E-state index in [2.05, 4.69) is 52.4 Å². The van der Waals surface area contributed by atoms with Gasteiger partial charge in [-0.15, -0.1) is 0 Å². The van der Waals surface area contributed by atoms with Crippen molar-refractivity contribution in [3.8, 4) is 0 Å². The number of aromatic nitrogens is 2. The maximum absolute atomic E-state index is 11.9. The van der Waals surface area contributed by atoms with Crippen molar-refractivity contribution in [3.63, 3.8) is 0 Å². The second-order valence-corrected chi connectivity index (χ2v) is 6.13. The van der Waals surface area contributed by atoms with Crippen LogP contribution < -0.4 is 15.5 Å². The van der Waals surface area contributed by atoms with Crippen molar-refractivity contribution in [2.45, 2.75) is 39.4 Å². The molecule has 1 aromatic heterocycles. The molecule has 2 heterocycles. The van der Waals surface area contributed by atoms with E-state index in [0.29, 0.717) is 0 Å². The molecule has 0 saturated carbocycles. The summed E-state index contributed by atoms with van der Waals surface area (Å²) in [4.78, 5) is 18.1. The summed E-state index contributed by atoms with van der Waals surface area (Å²) in [7, 11) is 0. The molecule has 1 aromatic carbocycles. The highest BCUT2D eigenvalue weighted by atomic mass is 16.2. The average Bonchev–Trinajstić information content (AvgIpc) is 3.08. The number of nitrogens with one attached hydrogen (secondary N) is 2. The third kappa shape index (κ3) is 3.76. The van der Waals surface area contributed by atoms with Crippen LogP contribution in [0.2, 0.25) is 0 Å². The van der Waals surface area contributed by atoms with Crippen LogP contribution in [-0.2, 0) is 13.1 Å². The van der Waals surface area contributed by atoms with Gasteiger partial charge in [0, 0.05) is 44.1 Å². The molecular formula is C18H25N5O. The molecule has 0 aliphatic carbocycles. The molecule has 1 aliphatic rings. The molecule has 0 spiro atoms. The van der Waals surface area contributed by atoms with Gasteiger partial charge in [0.25, 0.3) is 0 Å². The van der Waals surface area contributed by atoms with Gasteiger partial charge in [0.15, 0.2) is 0 Å². The lowest BCUT2D eigenvalue weighted by Crippen LogP contribution is -2.46. The van der Waals surface area contributed by atoms with Gasteiger partial charge in [-0.25, -0.2) is 9.78 Å². The molecule has 2 N–H and O–H groups in total. The SMILES string of the molecule is CCn1cnc(CNC(C)c2ccc(N3CCCNC3=O)cc2)c1. The van der Waals surface area contributed by atoms with Crippen molar-refractivity contribution in [1.29, 1.82) is 0 Å². The van der Waals surface area contributed by atoms with E-state index in [1.807, 2.05) is 18.5 Å². The zero-order chi connectivity index (χ0) is 16.9. The molecule has 2 amide bonds. The van der Waals surface area contributed by atoms with Crippen LogP contribution in [0.4, 0.5) is 10.5 Å². The Bertz CT molecular complexity index is 679. The number of hydrogen-bond acceptors (Lipinski definition) is 3. The minimum Gasteiger partial charge on any atom is -0.338 e. The Hall–Kier alpha value is -2.34. The number of benzene rings is 1. The summed E-state index contributed by atoms with van der Waals surface area (Å²) in [6.45, 7) is 7.46. The summed E-state index contributed by atoms with van der Waals surface area (Å²) < 4.78 is 2.07. The van der Waals surface area contributed by atoms with Gasteiger partial charge in [0.1, 0.15) is 0 Å². The summed E-state index contributed by atoms with van der Waals surface area (Å²) in [5, 5.41) is 6.37. The number of carbonyl (C=O) groups excluding carboxylic acids is 1. The van der Waals surface area contributed by atoms with Crippen molar-refractivity contribution in [1.82, 2.24) is 20.2 Å². The van der Waals surface area contributed by atoms with E-state index >= 15 is 0 Å². The standard InChI is InChI=1S/C18H25N5O/c1-3-22-12-16(21-13-22)11-20-14(2)15-5-7-17(8-6-15)23-10-4-9-19-18(23)24/h5-8,12-14,20H,3-4,9-11H2,1-2H3,(H,19,24). The highest BCUT2D eigenvalue weighted by Crippen LogP contribution is 2.21. The van der Waals surface area contributed by atoms with E-state index in [9.17, 15) is 4.79 Å². The topological polar surface area (TPSA) is 62.2 Å². The van der Waals surface area contributed by atoms with Crippen molar-refractivity contribution >= 4 is 11.7 Å². The van der Waals surface area contributed by atoms with Gasteiger partial charge in [-0.2, -0.15) is 0 Å². The number of rotatable bonds is 6. The van der Waals surface area contributed by atoms with E-state index in [-0.39, 0.29) is 12.1 Å². The molecule has 6 heteroatoms. The second-order valence-electron chi connectivity index (χ2n) is 6.13. The first-order valence-electron chi connectivity index (χ1n) is 8.56. The van der Waals surface area contributed by atoms with Gasteiger partial charge in [-0.05, 0) is 38.0 Å². The number of hydrogen-bond donors (Lipinski definition) is 2. The number of anilines is 1. The first-order chi connectivity index (χ1) is 11.7. The molecule has 1 fully saturated rings. The molecule has 1 unspecified atom stereocenters. The third-order valence-electron chi connectivity index (χ3n) is 4.43. The van der Waals surface area contributed by atoms with Crippen LogP contribution in [0.5, 0.6) is 0 Å². The molecule has 1 aliphatic heterocycles. The van der Waals surface area contributed by atoms with E-state index in [0.717, 1.165) is 44.0 Å². The lowest BCUT2D eigenvalue weighted by molar-refractivity contribution is 0.243. The smallest absolute Gasteiger partial charge is 0.321 e. The average molecular weight is 327 g/mol. The molecule has 0 bridgehead atoms. The predicted molar refractivity (Wildman–Crippen MR) is 95.0 cm³/mol. The number of carbonyl (C=O) groups is 1. The van der Waals surface area contributed by atoms with Crippen LogP contribution >= 0.6 is 0 Å². The first kappa shape index (κ1) is 16.5. The van der Waals surface area contributed by atoms with Gasteiger partial charge in [-0.1, -0.05) is 12.1 Å². The Balaban J connectivity index is 1.59. The molecule has 0 radical (unpaired) electrons. The van der Waals surface area contributed by atoms with Gasteiger partial charge < -0.3 is 15.2 Å². The Morgan fingerprint density at radius 2 is 2.12 bits per heavy atom. The van der Waals surface area contributed by atoms with E-state index < -0.39 is 0 Å². The van der Waals surface area contributed by atoms with Gasteiger partial charge in [0.2, 0.25) is 0 Å². The van der Waals surface area contributed by atoms with Crippen LogP contribution in [0.1, 0.15) is 37.6 Å². The second kappa shape index (κ2) is 7.49. The minimum atomic E-state index is -0.00770. The summed E-state index contributed by atoms with van der Waals surface area (Å²) >= 11 is 0. The highest BCUT2D eigenvalue weighted by molar-refractivity contribution is 5.92. The minimum absolute atomic E-state index is 0.00770. The number of imidazole rings is 1. The third-order valence-corrected chi connectivity index (χ3v) is 4.43. The van der Waals surface area contributed by atoms with Gasteiger partial charge in [-0.3, -0.25) is 4.90 Å². The molecule has 2 aromatic rings. The summed E-state index contributed by atoms with van der Waals surface area (Å²) in [5.41, 5.74) is 3.20. The molecule has 6 nitrogen and oxygen atoms in total. The molecular weight excluding hydrogens is 302 g/mol. The Morgan fingerprint density at radius 1 is 1.33 bits per heavy atom. The van der Waals surface area contributed by atoms with Crippen LogP contribution in [-0.4, -0.2) is 28.7 Å². The molecule has 3 rings (SSSR count). The molecule has 1 atom stereocenters. The molecule has 24 heavy (non-hydrogen) atoms. The number of amides is 2. The quantitative estimate of drug-likeness (QED) is 0.857. The van der Waals surface area contributed by atoms with E-state index in [4.69, 9.17) is 0 Å². The fourth-order valence-corrected chi connectivity index (χ4v) is 2.86. The van der Waals surface area contributed by atoms with E-state index in [1.54, 1.807) is 4.90 Å². The van der Waals surface area contributed by atoms with Gasteiger partial charge in [0.05, 0.1) is 12.0 Å². The Kier molecular flexibility index (Phi) is 5.15. The lowest BCUT2D eigenvalue weighted by Gasteiger charge is -2.27. The first-order valence-corrected chi connectivity index (χ1v) is 8.56. The van der Waals surface area contributed by atoms with Crippen LogP contribution in [0, 0.1) is 0 Å². The predicted octanol–water partition coefficient (Wildman–Crippen LogP) is 2.67. The Labute approximate surface area is 142 Å². The van der Waals surface area contributed by atoms with Gasteiger partial charge >= 0.3 is 6.03 Å². The largest absolute Gasteiger partial charge is 0.338 e. The zero-order valence-electron chi connectivity index (χ0n) is 14.3. The van der Waals surface area contributed by atoms with Crippen molar-refractivity contribution in [3.05, 3.63) is 48.0 Å². The summed E-state index contributed by atoms with van der Waals surface area (Å²) in [5.74, 6) is 0. The zero-order valence-corrected chi connectivity index (χ0v) is 14.3. The van der Waals surface area contributed by atoms with Crippen LogP contribution in [0.3, 0.4) is 0 Å². The highest BCUT2D eigenvalue weighted by Gasteiger charge is 2.19. The van der Waals surface area contributed by atoms with Crippen LogP contribution in [0.25, 0.3) is 0 Å². The molecule has 1 saturated heterocycles. The van der Waals surface area contributed by atoms with Crippen molar-refractivity contribution < 1.29 is 4.79 Å². The van der Waals surface area contributed by atoms with E-state index in [1.165, 1.54) is 5.56 Å². The normalized spacial score (nSPS) is 16.1.